The van der Waals surface area contributed by atoms with Crippen molar-refractivity contribution in [2.24, 2.45) is 5.92 Å². The molecule has 0 bridgehead atoms. The van der Waals surface area contributed by atoms with Crippen LogP contribution in [0.2, 0.25) is 5.02 Å². The number of aromatic nitrogens is 1. The van der Waals surface area contributed by atoms with Crippen LogP contribution >= 0.6 is 11.6 Å². The number of fused-ring (bicyclic) bond motifs is 1. The maximum atomic E-state index is 13.5. The summed E-state index contributed by atoms with van der Waals surface area (Å²) in [4.78, 5) is 30.9. The van der Waals surface area contributed by atoms with Crippen LogP contribution in [0.15, 0.2) is 47.4 Å². The average Bonchev–Trinajstić information content (AvgIpc) is 3.14. The normalized spacial score (nSPS) is 13.1. The van der Waals surface area contributed by atoms with Crippen LogP contribution in [0.4, 0.5) is 0 Å². The van der Waals surface area contributed by atoms with Crippen molar-refractivity contribution >= 4 is 44.4 Å². The number of H-pyrrole nitrogens is 1. The Hall–Kier alpha value is -2.88. The van der Waals surface area contributed by atoms with E-state index >= 15 is 0 Å². The molecule has 0 radical (unpaired) electrons. The molecule has 37 heavy (non-hydrogen) atoms. The third-order valence-corrected chi connectivity index (χ3v) is 7.16. The second kappa shape index (κ2) is 11.2. The zero-order chi connectivity index (χ0) is 27.5. The number of halogens is 1. The van der Waals surface area contributed by atoms with Crippen LogP contribution in [0.3, 0.4) is 0 Å². The van der Waals surface area contributed by atoms with Gasteiger partial charge in [0.2, 0.25) is 5.91 Å². The molecule has 1 unspecified atom stereocenters. The Bertz CT molecular complexity index is 1410. The number of carbonyl (C=O) groups excluding carboxylic acids is 2. The fourth-order valence-electron chi connectivity index (χ4n) is 3.93. The number of hydrogen-bond donors (Lipinski definition) is 3. The molecule has 8 nitrogen and oxygen atoms in total. The maximum absolute atomic E-state index is 13.5. The van der Waals surface area contributed by atoms with E-state index in [0.717, 1.165) is 16.6 Å². The molecule has 0 aliphatic heterocycles. The Labute approximate surface area is 223 Å². The SMILES string of the molecule is Cc1cc2cc(C(C(=O)OC(C)(C)C)c3cc(Cl)ccc3S(=O)(=O)NNC(=O)CCC(C)C)ccc2[nH]1. The molecule has 0 aliphatic carbocycles. The van der Waals surface area contributed by atoms with Crippen molar-refractivity contribution in [3.05, 3.63) is 64.3 Å². The minimum absolute atomic E-state index is 0.136. The Kier molecular flexibility index (Phi) is 8.72. The first-order valence-electron chi connectivity index (χ1n) is 12.1. The molecule has 3 rings (SSSR count). The van der Waals surface area contributed by atoms with Gasteiger partial charge in [0, 0.05) is 22.7 Å². The molecule has 3 N–H and O–H groups in total. The number of aromatic amines is 1. The molecule has 0 fully saturated rings. The number of rotatable bonds is 9. The molecule has 0 aliphatic rings. The molecular formula is C27H34ClN3O5S. The number of amides is 1. The van der Waals surface area contributed by atoms with E-state index in [1.165, 1.54) is 18.2 Å². The summed E-state index contributed by atoms with van der Waals surface area (Å²) in [7, 11) is -4.26. The summed E-state index contributed by atoms with van der Waals surface area (Å²) in [5.41, 5.74) is 3.96. The number of benzene rings is 2. The molecule has 1 heterocycles. The first kappa shape index (κ1) is 28.7. The maximum Gasteiger partial charge on any atom is 0.318 e. The molecule has 0 saturated heterocycles. The first-order valence-corrected chi connectivity index (χ1v) is 13.9. The lowest BCUT2D eigenvalue weighted by atomic mass is 9.90. The van der Waals surface area contributed by atoms with Gasteiger partial charge in [-0.05, 0) is 92.9 Å². The Morgan fingerprint density at radius 3 is 2.43 bits per heavy atom. The molecule has 200 valence electrons. The van der Waals surface area contributed by atoms with Crippen LogP contribution in [0, 0.1) is 12.8 Å². The van der Waals surface area contributed by atoms with Gasteiger partial charge in [-0.3, -0.25) is 15.0 Å². The lowest BCUT2D eigenvalue weighted by molar-refractivity contribution is -0.155. The van der Waals surface area contributed by atoms with Gasteiger partial charge in [-0.25, -0.2) is 8.42 Å². The molecule has 1 amide bonds. The highest BCUT2D eigenvalue weighted by Gasteiger charge is 2.33. The topological polar surface area (TPSA) is 117 Å². The fourth-order valence-corrected chi connectivity index (χ4v) is 5.20. The van der Waals surface area contributed by atoms with E-state index in [9.17, 15) is 18.0 Å². The van der Waals surface area contributed by atoms with E-state index < -0.39 is 33.4 Å². The lowest BCUT2D eigenvalue weighted by Gasteiger charge is -2.26. The van der Waals surface area contributed by atoms with E-state index in [4.69, 9.17) is 16.3 Å². The fraction of sp³-hybridized carbons (Fsp3) is 0.407. The van der Waals surface area contributed by atoms with Crippen molar-refractivity contribution in [1.29, 1.82) is 0 Å². The van der Waals surface area contributed by atoms with Crippen LogP contribution < -0.4 is 10.3 Å². The molecule has 3 aromatic rings. The number of hydrazine groups is 1. The van der Waals surface area contributed by atoms with Gasteiger partial charge < -0.3 is 9.72 Å². The highest BCUT2D eigenvalue weighted by molar-refractivity contribution is 7.89. The molecule has 1 atom stereocenters. The number of esters is 1. The molecule has 0 saturated carbocycles. The number of nitrogens with one attached hydrogen (secondary N) is 3. The van der Waals surface area contributed by atoms with Crippen LogP contribution in [-0.2, 0) is 24.3 Å². The van der Waals surface area contributed by atoms with Gasteiger partial charge in [0.05, 0.1) is 4.90 Å². The van der Waals surface area contributed by atoms with Crippen molar-refractivity contribution in [2.75, 3.05) is 0 Å². The van der Waals surface area contributed by atoms with Gasteiger partial charge in [-0.1, -0.05) is 31.5 Å². The summed E-state index contributed by atoms with van der Waals surface area (Å²) >= 11 is 6.29. The van der Waals surface area contributed by atoms with Crippen LogP contribution in [0.1, 0.15) is 70.2 Å². The number of sulfonamides is 1. The Balaban J connectivity index is 2.08. The lowest BCUT2D eigenvalue weighted by Crippen LogP contribution is -2.42. The van der Waals surface area contributed by atoms with Crippen molar-refractivity contribution in [2.45, 2.75) is 70.8 Å². The number of aryl methyl sites for hydroxylation is 1. The van der Waals surface area contributed by atoms with Gasteiger partial charge in [-0.15, -0.1) is 4.83 Å². The number of hydrogen-bond acceptors (Lipinski definition) is 5. The summed E-state index contributed by atoms with van der Waals surface area (Å²) < 4.78 is 32.4. The van der Waals surface area contributed by atoms with E-state index in [-0.39, 0.29) is 21.9 Å². The Morgan fingerprint density at radius 1 is 1.08 bits per heavy atom. The number of carbonyl (C=O) groups is 2. The molecule has 0 spiro atoms. The summed E-state index contributed by atoms with van der Waals surface area (Å²) in [5.74, 6) is -1.88. The van der Waals surface area contributed by atoms with Gasteiger partial charge >= 0.3 is 5.97 Å². The van der Waals surface area contributed by atoms with Crippen LogP contribution in [0.25, 0.3) is 10.9 Å². The van der Waals surface area contributed by atoms with Gasteiger partial charge in [0.25, 0.3) is 10.0 Å². The molecule has 2 aromatic carbocycles. The van der Waals surface area contributed by atoms with Crippen molar-refractivity contribution < 1.29 is 22.7 Å². The molecule has 1 aromatic heterocycles. The standard InChI is InChI=1S/C27H34ClN3O5S/c1-16(2)7-12-24(32)30-31-37(34,35)23-11-9-20(28)15-21(23)25(26(33)36-27(4,5)6)18-8-10-22-19(14-18)13-17(3)29-22/h8-11,13-16,25,29,31H,7,12H2,1-6H3,(H,30,32). The van der Waals surface area contributed by atoms with E-state index in [0.29, 0.717) is 17.9 Å². The second-order valence-corrected chi connectivity index (χ2v) is 12.6. The van der Waals surface area contributed by atoms with Crippen molar-refractivity contribution in [1.82, 2.24) is 15.2 Å². The number of ether oxygens (including phenoxy) is 1. The predicted octanol–water partition coefficient (Wildman–Crippen LogP) is 5.35. The van der Waals surface area contributed by atoms with Crippen molar-refractivity contribution in [3.8, 4) is 0 Å². The summed E-state index contributed by atoms with van der Waals surface area (Å²) in [6.07, 6.45) is 0.784. The van der Waals surface area contributed by atoms with Crippen LogP contribution in [0.5, 0.6) is 0 Å². The van der Waals surface area contributed by atoms with Gasteiger partial charge in [-0.2, -0.15) is 0 Å². The summed E-state index contributed by atoms with van der Waals surface area (Å²) in [6.45, 7) is 11.1. The second-order valence-electron chi connectivity index (χ2n) is 10.5. The van der Waals surface area contributed by atoms with E-state index in [1.54, 1.807) is 26.8 Å². The first-order chi connectivity index (χ1) is 17.2. The average molecular weight is 548 g/mol. The summed E-state index contributed by atoms with van der Waals surface area (Å²) in [5, 5.41) is 1.12. The van der Waals surface area contributed by atoms with E-state index in [2.05, 4.69) is 15.2 Å². The minimum Gasteiger partial charge on any atom is -0.459 e. The molecular weight excluding hydrogens is 514 g/mol. The summed E-state index contributed by atoms with van der Waals surface area (Å²) in [6, 6.07) is 11.5. The zero-order valence-corrected chi connectivity index (χ0v) is 23.5. The smallest absolute Gasteiger partial charge is 0.318 e. The van der Waals surface area contributed by atoms with E-state index in [1.807, 2.05) is 39.0 Å². The zero-order valence-electron chi connectivity index (χ0n) is 21.9. The van der Waals surface area contributed by atoms with Crippen molar-refractivity contribution in [3.63, 3.8) is 0 Å². The Morgan fingerprint density at radius 2 is 1.78 bits per heavy atom. The quantitative estimate of drug-likeness (QED) is 0.246. The van der Waals surface area contributed by atoms with Gasteiger partial charge in [0.1, 0.15) is 11.5 Å². The third-order valence-electron chi connectivity index (χ3n) is 5.60. The largest absolute Gasteiger partial charge is 0.459 e. The monoisotopic (exact) mass is 547 g/mol. The third kappa shape index (κ3) is 7.56. The molecule has 10 heteroatoms. The van der Waals surface area contributed by atoms with Crippen LogP contribution in [-0.4, -0.2) is 30.9 Å². The highest BCUT2D eigenvalue weighted by atomic mass is 35.5. The minimum atomic E-state index is -4.26. The van der Waals surface area contributed by atoms with Gasteiger partial charge in [0.15, 0.2) is 0 Å². The predicted molar refractivity (Wildman–Crippen MR) is 145 cm³/mol. The highest BCUT2D eigenvalue weighted by Crippen LogP contribution is 2.35.